The monoisotopic (exact) mass is 369 g/mol. The maximum absolute atomic E-state index is 12.3. The molecule has 0 aliphatic carbocycles. The molecule has 3 N–H and O–H groups in total. The van der Waals surface area contributed by atoms with Crippen molar-refractivity contribution >= 4 is 29.7 Å². The summed E-state index contributed by atoms with van der Waals surface area (Å²) in [5, 5.41) is 16.5. The number of thiazole rings is 1. The number of hydrogen-bond donors (Lipinski definition) is 3. The Balaban J connectivity index is 0.00000208. The normalized spacial score (nSPS) is 14.0. The number of rotatable bonds is 4. The molecule has 24 heavy (non-hydrogen) atoms. The second-order valence-corrected chi connectivity index (χ2v) is 7.78. The molecule has 0 fully saturated rings. The van der Waals surface area contributed by atoms with Gasteiger partial charge in [0.15, 0.2) is 5.69 Å². The zero-order chi connectivity index (χ0) is 16.4. The fraction of sp³-hybridized carbons (Fsp3) is 0.562. The molecular weight excluding hydrogens is 346 g/mol. The number of halogens is 1. The standard InChI is InChI=1S/C16H23N5OS.ClH/c1-16(2,3)12-9-23-13(19-12)5-7-18-15(22)14-10-8-17-6-4-11(10)20-21-14;/h9,17H,4-8H2,1-3H3,(H,18,22)(H,20,21);1H. The van der Waals surface area contributed by atoms with Gasteiger partial charge in [0.2, 0.25) is 0 Å². The average molecular weight is 370 g/mol. The molecule has 0 saturated carbocycles. The summed E-state index contributed by atoms with van der Waals surface area (Å²) in [7, 11) is 0. The zero-order valence-electron chi connectivity index (χ0n) is 14.2. The van der Waals surface area contributed by atoms with E-state index in [-0.39, 0.29) is 23.7 Å². The van der Waals surface area contributed by atoms with Crippen LogP contribution in [0.5, 0.6) is 0 Å². The van der Waals surface area contributed by atoms with Crippen molar-refractivity contribution in [3.05, 3.63) is 33.0 Å². The number of aromatic amines is 1. The molecule has 1 aliphatic heterocycles. The molecular formula is C16H24ClN5OS. The fourth-order valence-electron chi connectivity index (χ4n) is 2.55. The van der Waals surface area contributed by atoms with Gasteiger partial charge in [-0.1, -0.05) is 20.8 Å². The van der Waals surface area contributed by atoms with Crippen LogP contribution in [-0.4, -0.2) is 34.2 Å². The highest BCUT2D eigenvalue weighted by molar-refractivity contribution is 7.09. The molecule has 132 valence electrons. The summed E-state index contributed by atoms with van der Waals surface area (Å²) in [5.41, 5.74) is 3.76. The molecule has 0 spiro atoms. The Kier molecular flexibility index (Phi) is 6.01. The summed E-state index contributed by atoms with van der Waals surface area (Å²) >= 11 is 1.65. The van der Waals surface area contributed by atoms with Crippen LogP contribution in [0.3, 0.4) is 0 Å². The molecule has 0 bridgehead atoms. The van der Waals surface area contributed by atoms with Crippen LogP contribution in [0.1, 0.15) is 53.2 Å². The van der Waals surface area contributed by atoms with Crippen molar-refractivity contribution in [1.82, 2.24) is 25.8 Å². The van der Waals surface area contributed by atoms with Gasteiger partial charge in [-0.3, -0.25) is 9.89 Å². The zero-order valence-corrected chi connectivity index (χ0v) is 15.9. The molecule has 3 rings (SSSR count). The Bertz CT molecular complexity index is 704. The van der Waals surface area contributed by atoms with Crippen molar-refractivity contribution in [1.29, 1.82) is 0 Å². The number of nitrogens with one attached hydrogen (secondary N) is 3. The number of amides is 1. The summed E-state index contributed by atoms with van der Waals surface area (Å²) in [6.45, 7) is 8.67. The van der Waals surface area contributed by atoms with Gasteiger partial charge in [0.1, 0.15) is 0 Å². The summed E-state index contributed by atoms with van der Waals surface area (Å²) in [6, 6.07) is 0. The highest BCUT2D eigenvalue weighted by Gasteiger charge is 2.21. The first kappa shape index (κ1) is 18.9. The van der Waals surface area contributed by atoms with E-state index in [0.29, 0.717) is 18.8 Å². The lowest BCUT2D eigenvalue weighted by Gasteiger charge is -2.14. The van der Waals surface area contributed by atoms with Crippen molar-refractivity contribution in [3.63, 3.8) is 0 Å². The molecule has 2 aromatic heterocycles. The van der Waals surface area contributed by atoms with Gasteiger partial charge in [0.25, 0.3) is 5.91 Å². The average Bonchev–Trinajstić information content (AvgIpc) is 3.13. The SMILES string of the molecule is CC(C)(C)c1csc(CCNC(=O)c2n[nH]c3c2CNCC3)n1.Cl. The van der Waals surface area contributed by atoms with Gasteiger partial charge < -0.3 is 10.6 Å². The van der Waals surface area contributed by atoms with E-state index in [9.17, 15) is 4.79 Å². The van der Waals surface area contributed by atoms with Crippen LogP contribution in [0.2, 0.25) is 0 Å². The molecule has 2 aromatic rings. The van der Waals surface area contributed by atoms with Crippen molar-refractivity contribution in [2.24, 2.45) is 0 Å². The van der Waals surface area contributed by atoms with Crippen LogP contribution in [0.25, 0.3) is 0 Å². The minimum absolute atomic E-state index is 0. The van der Waals surface area contributed by atoms with Crippen LogP contribution in [0.4, 0.5) is 0 Å². The third-order valence-electron chi connectivity index (χ3n) is 3.97. The van der Waals surface area contributed by atoms with Gasteiger partial charge in [0.05, 0.1) is 10.7 Å². The maximum atomic E-state index is 12.3. The lowest BCUT2D eigenvalue weighted by Crippen LogP contribution is -2.29. The van der Waals surface area contributed by atoms with E-state index >= 15 is 0 Å². The van der Waals surface area contributed by atoms with E-state index in [1.165, 1.54) is 0 Å². The molecule has 1 amide bonds. The summed E-state index contributed by atoms with van der Waals surface area (Å²) in [6.07, 6.45) is 1.64. The van der Waals surface area contributed by atoms with E-state index < -0.39 is 0 Å². The Morgan fingerprint density at radius 3 is 2.92 bits per heavy atom. The van der Waals surface area contributed by atoms with Crippen molar-refractivity contribution in [3.8, 4) is 0 Å². The predicted octanol–water partition coefficient (Wildman–Crippen LogP) is 2.20. The van der Waals surface area contributed by atoms with Crippen molar-refractivity contribution in [2.45, 2.75) is 45.6 Å². The predicted molar refractivity (Wildman–Crippen MR) is 98.1 cm³/mol. The first-order valence-corrected chi connectivity index (χ1v) is 8.83. The topological polar surface area (TPSA) is 82.7 Å². The summed E-state index contributed by atoms with van der Waals surface area (Å²) < 4.78 is 0. The van der Waals surface area contributed by atoms with E-state index in [0.717, 1.165) is 41.3 Å². The third kappa shape index (κ3) is 4.15. The highest BCUT2D eigenvalue weighted by Crippen LogP contribution is 2.24. The minimum Gasteiger partial charge on any atom is -0.350 e. The smallest absolute Gasteiger partial charge is 0.272 e. The van der Waals surface area contributed by atoms with Crippen LogP contribution < -0.4 is 10.6 Å². The molecule has 0 unspecified atom stereocenters. The molecule has 1 aliphatic rings. The molecule has 0 saturated heterocycles. The Morgan fingerprint density at radius 1 is 1.42 bits per heavy atom. The van der Waals surface area contributed by atoms with E-state index in [2.05, 4.69) is 52.0 Å². The van der Waals surface area contributed by atoms with Crippen LogP contribution in [0, 0.1) is 0 Å². The van der Waals surface area contributed by atoms with Gasteiger partial charge in [0, 0.05) is 54.5 Å². The van der Waals surface area contributed by atoms with Gasteiger partial charge >= 0.3 is 0 Å². The molecule has 0 atom stereocenters. The Hall–Kier alpha value is -1.44. The van der Waals surface area contributed by atoms with E-state index in [1.54, 1.807) is 11.3 Å². The van der Waals surface area contributed by atoms with Gasteiger partial charge in [-0.15, -0.1) is 23.7 Å². The number of H-pyrrole nitrogens is 1. The van der Waals surface area contributed by atoms with Crippen LogP contribution in [-0.2, 0) is 24.8 Å². The lowest BCUT2D eigenvalue weighted by atomic mass is 9.93. The number of aromatic nitrogens is 3. The van der Waals surface area contributed by atoms with Crippen LogP contribution >= 0.6 is 23.7 Å². The highest BCUT2D eigenvalue weighted by atomic mass is 35.5. The van der Waals surface area contributed by atoms with Crippen molar-refractivity contribution < 1.29 is 4.79 Å². The largest absolute Gasteiger partial charge is 0.350 e. The second-order valence-electron chi connectivity index (χ2n) is 6.84. The number of fused-ring (bicyclic) bond motifs is 1. The molecule has 3 heterocycles. The number of hydrogen-bond acceptors (Lipinski definition) is 5. The summed E-state index contributed by atoms with van der Waals surface area (Å²) in [5.74, 6) is -0.112. The Labute approximate surface area is 152 Å². The minimum atomic E-state index is -0.112. The maximum Gasteiger partial charge on any atom is 0.272 e. The Morgan fingerprint density at radius 2 is 2.21 bits per heavy atom. The number of carbonyl (C=O) groups is 1. The van der Waals surface area contributed by atoms with E-state index in [4.69, 9.17) is 0 Å². The first-order chi connectivity index (χ1) is 10.9. The summed E-state index contributed by atoms with van der Waals surface area (Å²) in [4.78, 5) is 16.9. The lowest BCUT2D eigenvalue weighted by molar-refractivity contribution is 0.0948. The molecule has 0 aromatic carbocycles. The van der Waals surface area contributed by atoms with Crippen molar-refractivity contribution in [2.75, 3.05) is 13.1 Å². The first-order valence-electron chi connectivity index (χ1n) is 7.95. The molecule has 0 radical (unpaired) electrons. The quantitative estimate of drug-likeness (QED) is 0.771. The fourth-order valence-corrected chi connectivity index (χ4v) is 3.57. The second kappa shape index (κ2) is 7.63. The number of carbonyl (C=O) groups excluding carboxylic acids is 1. The van der Waals surface area contributed by atoms with Gasteiger partial charge in [-0.05, 0) is 0 Å². The number of nitrogens with zero attached hydrogens (tertiary/aromatic N) is 2. The molecule has 6 nitrogen and oxygen atoms in total. The van der Waals surface area contributed by atoms with E-state index in [1.807, 2.05) is 0 Å². The van der Waals surface area contributed by atoms with Gasteiger partial charge in [-0.25, -0.2) is 4.98 Å². The van der Waals surface area contributed by atoms with Crippen LogP contribution in [0.15, 0.2) is 5.38 Å². The van der Waals surface area contributed by atoms with Gasteiger partial charge in [-0.2, -0.15) is 5.10 Å². The third-order valence-corrected chi connectivity index (χ3v) is 4.87. The molecule has 8 heteroatoms.